The van der Waals surface area contributed by atoms with Crippen molar-refractivity contribution in [2.24, 2.45) is 0 Å². The van der Waals surface area contributed by atoms with Crippen molar-refractivity contribution in [2.75, 3.05) is 240 Å². The van der Waals surface area contributed by atoms with Crippen LogP contribution in [0, 0.1) is 0 Å². The molecule has 6 amide bonds. The molecule has 0 aromatic heterocycles. The molecule has 0 aliphatic heterocycles. The van der Waals surface area contributed by atoms with E-state index in [2.05, 4.69) is 31.9 Å². The fourth-order valence-corrected chi connectivity index (χ4v) is 9.51. The molecule has 0 saturated carbocycles. The van der Waals surface area contributed by atoms with Gasteiger partial charge in [-0.2, -0.15) is 0 Å². The van der Waals surface area contributed by atoms with Crippen LogP contribution in [0.1, 0.15) is 89.9 Å². The first kappa shape index (κ1) is 92.3. The number of methoxy groups -OCH3 is 8. The van der Waals surface area contributed by atoms with E-state index >= 15 is 0 Å². The minimum atomic E-state index is -0.431. The topological polar surface area (TPSA) is 428 Å². The fourth-order valence-electron chi connectivity index (χ4n) is 9.51. The number of hydrogen-bond acceptors (Lipinski definition) is 30. The summed E-state index contributed by atoms with van der Waals surface area (Å²) in [4.78, 5) is 187. The molecule has 0 heterocycles. The third kappa shape index (κ3) is 52.3. The van der Waals surface area contributed by atoms with Crippen molar-refractivity contribution < 1.29 is 110 Å². The number of nitrogens with one attached hydrogen (secondary N) is 6. The monoisotopic (exact) mass is 1430 g/mol. The molecule has 0 atom stereocenters. The lowest BCUT2D eigenvalue weighted by Gasteiger charge is -2.24. The van der Waals surface area contributed by atoms with Crippen LogP contribution in [0.4, 0.5) is 0 Å². The number of rotatable bonds is 62. The van der Waals surface area contributed by atoms with Gasteiger partial charge in [-0.3, -0.25) is 67.1 Å². The van der Waals surface area contributed by atoms with Crippen molar-refractivity contribution in [1.29, 1.82) is 0 Å². The van der Waals surface area contributed by atoms with Gasteiger partial charge in [-0.15, -0.1) is 0 Å². The quantitative estimate of drug-likeness (QED) is 0.0223. The summed E-state index contributed by atoms with van der Waals surface area (Å²) in [7, 11) is 10.2. The maximum Gasteiger partial charge on any atom is 0.306 e. The number of aliphatic hydroxyl groups is 1. The number of carbonyl (C=O) groups excluding carboxylic acids is 14. The molecule has 0 aliphatic carbocycles. The Morgan fingerprint density at radius 3 is 0.440 bits per heavy atom. The Hall–Kier alpha value is -7.74. The van der Waals surface area contributed by atoms with Gasteiger partial charge < -0.3 is 109 Å². The average Bonchev–Trinajstić information content (AvgIpc) is 2.53. The van der Waals surface area contributed by atoms with Gasteiger partial charge in [0.2, 0.25) is 35.4 Å². The van der Waals surface area contributed by atoms with E-state index in [1.165, 1.54) is 56.9 Å². The first-order valence-electron chi connectivity index (χ1n) is 33.8. The molecule has 574 valence electrons. The zero-order valence-corrected chi connectivity index (χ0v) is 60.3. The Balaban J connectivity index is 5.89. The second-order valence-corrected chi connectivity index (χ2v) is 22.8. The summed E-state index contributed by atoms with van der Waals surface area (Å²) in [5.41, 5.74) is 0. The lowest BCUT2D eigenvalue weighted by Crippen LogP contribution is -2.42. The van der Waals surface area contributed by atoms with Crippen molar-refractivity contribution >= 4 is 83.2 Å². The summed E-state index contributed by atoms with van der Waals surface area (Å²) in [5.74, 6) is -5.34. The molecule has 0 bridgehead atoms. The lowest BCUT2D eigenvalue weighted by molar-refractivity contribution is -0.142. The van der Waals surface area contributed by atoms with Crippen LogP contribution < -0.4 is 31.9 Å². The van der Waals surface area contributed by atoms with Crippen LogP contribution in [-0.2, 0) is 105 Å². The van der Waals surface area contributed by atoms with E-state index in [0.717, 1.165) is 0 Å². The molecule has 0 spiro atoms. The normalized spacial score (nSPS) is 11.1. The summed E-state index contributed by atoms with van der Waals surface area (Å²) in [6.45, 7) is 6.17. The smallest absolute Gasteiger partial charge is 0.306 e. The molecule has 0 saturated heterocycles. The standard InChI is InChI=1S/C64H115N13O23/c1-93-57(85)15-35-73(36-16-58(86)94-2)45-25-67-51(79)9-29-71(30-10-52(80)68-26-46-74(37-17-59(87)95-3)38-18-60(88)96-4)43-23-65-55(83)13-33-77(49-50-78)34-14-56(84)66-24-44-72(31-11-53(81)69-27-47-75(39-19-61(89)97-5)40-20-62(90)98-6)32-12-54(82)70-28-48-76(41-21-63(91)99-7)42-22-64(92)100-8/h78H,9-50H2,1-8H3,(H,65,83)(H,66,84)(H,67,79)(H,68,80)(H,69,81)(H,70,82). The minimum Gasteiger partial charge on any atom is -0.469 e. The van der Waals surface area contributed by atoms with Crippen LogP contribution >= 0.6 is 0 Å². The van der Waals surface area contributed by atoms with E-state index in [1.807, 2.05) is 29.4 Å². The summed E-state index contributed by atoms with van der Waals surface area (Å²) in [5, 5.41) is 27.1. The Bertz CT molecular complexity index is 2060. The highest BCUT2D eigenvalue weighted by Crippen LogP contribution is 2.05. The number of carbonyl (C=O) groups is 14. The molecule has 7 N–H and O–H groups in total. The Morgan fingerprint density at radius 1 is 0.200 bits per heavy atom. The molecule has 36 heteroatoms. The fraction of sp³-hybridized carbons (Fsp3) is 0.781. The number of nitrogens with zero attached hydrogens (tertiary/aromatic N) is 7. The van der Waals surface area contributed by atoms with E-state index in [1.54, 1.807) is 4.90 Å². The number of hydrogen-bond donors (Lipinski definition) is 7. The van der Waals surface area contributed by atoms with Gasteiger partial charge in [0.1, 0.15) is 0 Å². The third-order valence-electron chi connectivity index (χ3n) is 15.7. The maximum absolute atomic E-state index is 13.3. The van der Waals surface area contributed by atoms with Gasteiger partial charge in [-0.05, 0) is 0 Å². The Morgan fingerprint density at radius 2 is 0.320 bits per heavy atom. The second kappa shape index (κ2) is 60.1. The maximum atomic E-state index is 13.3. The predicted octanol–water partition coefficient (Wildman–Crippen LogP) is -4.36. The first-order chi connectivity index (χ1) is 48.0. The van der Waals surface area contributed by atoms with Crippen molar-refractivity contribution in [2.45, 2.75) is 89.9 Å². The minimum absolute atomic E-state index is 0.00118. The predicted molar refractivity (Wildman–Crippen MR) is 361 cm³/mol. The van der Waals surface area contributed by atoms with Crippen molar-refractivity contribution in [3.8, 4) is 0 Å². The van der Waals surface area contributed by atoms with E-state index in [-0.39, 0.29) is 282 Å². The second-order valence-electron chi connectivity index (χ2n) is 22.8. The van der Waals surface area contributed by atoms with E-state index in [9.17, 15) is 72.2 Å². The van der Waals surface area contributed by atoms with Crippen LogP contribution in [-0.4, -0.2) is 363 Å². The summed E-state index contributed by atoms with van der Waals surface area (Å²) in [6.07, 6.45) is 0.669. The molecule has 0 fully saturated rings. The van der Waals surface area contributed by atoms with Crippen molar-refractivity contribution in [3.63, 3.8) is 0 Å². The zero-order valence-electron chi connectivity index (χ0n) is 60.3. The van der Waals surface area contributed by atoms with E-state index in [4.69, 9.17) is 37.9 Å². The summed E-state index contributed by atoms with van der Waals surface area (Å²) < 4.78 is 38.0. The van der Waals surface area contributed by atoms with Gasteiger partial charge >= 0.3 is 47.8 Å². The molecule has 0 rings (SSSR count). The van der Waals surface area contributed by atoms with Crippen LogP contribution in [0.25, 0.3) is 0 Å². The highest BCUT2D eigenvalue weighted by molar-refractivity contribution is 5.79. The average molecular weight is 1430 g/mol. The third-order valence-corrected chi connectivity index (χ3v) is 15.7. The highest BCUT2D eigenvalue weighted by Gasteiger charge is 2.20. The molecular formula is C64H115N13O23. The van der Waals surface area contributed by atoms with Gasteiger partial charge in [0.15, 0.2) is 0 Å². The SMILES string of the molecule is COC(=O)CCN(CCNC(=O)CCN(CCNC(=O)CCN(CCO)CCC(=O)NCCN(CCC(=O)NCCN(CCC(=O)OC)CCC(=O)OC)CCC(=O)NCCN(CCC(=O)OC)CCC(=O)OC)CCC(=O)NCCN(CCC(=O)OC)CCC(=O)OC)CCC(=O)OC. The molecule has 0 aliphatic rings. The van der Waals surface area contributed by atoms with Crippen LogP contribution in [0.3, 0.4) is 0 Å². The summed E-state index contributed by atoms with van der Waals surface area (Å²) in [6, 6.07) is 0. The number of esters is 8. The number of ether oxygens (including phenoxy) is 8. The molecule has 0 aromatic carbocycles. The van der Waals surface area contributed by atoms with Crippen molar-refractivity contribution in [1.82, 2.24) is 66.2 Å². The van der Waals surface area contributed by atoms with Gasteiger partial charge in [-0.25, -0.2) is 0 Å². The largest absolute Gasteiger partial charge is 0.469 e. The molecule has 0 unspecified atom stereocenters. The number of amides is 6. The van der Waals surface area contributed by atoms with Crippen LogP contribution in [0.15, 0.2) is 0 Å². The Kier molecular flexibility index (Phi) is 55.4. The van der Waals surface area contributed by atoms with Crippen LogP contribution in [0.2, 0.25) is 0 Å². The highest BCUT2D eigenvalue weighted by atomic mass is 16.5. The van der Waals surface area contributed by atoms with Gasteiger partial charge in [0, 0.05) is 215 Å². The first-order valence-corrected chi connectivity index (χ1v) is 33.8. The van der Waals surface area contributed by atoms with Gasteiger partial charge in [0.05, 0.1) is 115 Å². The van der Waals surface area contributed by atoms with Gasteiger partial charge in [0.25, 0.3) is 0 Å². The van der Waals surface area contributed by atoms with E-state index < -0.39 is 47.8 Å². The zero-order chi connectivity index (χ0) is 74.7. The Labute approximate surface area is 587 Å². The lowest BCUT2D eigenvalue weighted by atomic mass is 10.2. The van der Waals surface area contributed by atoms with Gasteiger partial charge in [-0.1, -0.05) is 0 Å². The van der Waals surface area contributed by atoms with E-state index in [0.29, 0.717) is 26.2 Å². The van der Waals surface area contributed by atoms with Crippen LogP contribution in [0.5, 0.6) is 0 Å². The molecular weight excluding hydrogens is 1320 g/mol. The molecule has 0 radical (unpaired) electrons. The number of aliphatic hydroxyl groups excluding tert-OH is 1. The molecule has 36 nitrogen and oxygen atoms in total. The van der Waals surface area contributed by atoms with Crippen molar-refractivity contribution in [3.05, 3.63) is 0 Å². The molecule has 100 heavy (non-hydrogen) atoms. The molecule has 0 aromatic rings. The summed E-state index contributed by atoms with van der Waals surface area (Å²) >= 11 is 0.